The van der Waals surface area contributed by atoms with Gasteiger partial charge in [0, 0.05) is 54.3 Å². The van der Waals surface area contributed by atoms with E-state index in [9.17, 15) is 9.59 Å². The Morgan fingerprint density at radius 1 is 1.07 bits per heavy atom. The van der Waals surface area contributed by atoms with Gasteiger partial charge in [-0.15, -0.1) is 0 Å². The van der Waals surface area contributed by atoms with E-state index in [0.29, 0.717) is 57.9 Å². The van der Waals surface area contributed by atoms with E-state index in [1.165, 1.54) is 6.07 Å². The number of hydrogen-bond acceptors (Lipinski definition) is 6. The number of pyridine rings is 1. The Hall–Kier alpha value is -4.77. The number of hydrogen-bond donors (Lipinski definition) is 2. The fourth-order valence-corrected chi connectivity index (χ4v) is 7.62. The van der Waals surface area contributed by atoms with Gasteiger partial charge >= 0.3 is 0 Å². The molecule has 11 heteroatoms. The fraction of sp³-hybridized carbons (Fsp3) is 0.371. The molecule has 1 saturated heterocycles. The number of amides is 2. The Labute approximate surface area is 265 Å². The Morgan fingerprint density at radius 3 is 2.54 bits per heavy atom. The number of likely N-dealkylation sites (tertiary alicyclic amines) is 1. The van der Waals surface area contributed by atoms with Gasteiger partial charge in [0.2, 0.25) is 5.91 Å². The van der Waals surface area contributed by atoms with Crippen LogP contribution in [0.2, 0.25) is 0 Å². The molecular weight excluding hydrogens is 585 g/mol. The first-order valence-electron chi connectivity index (χ1n) is 15.8. The summed E-state index contributed by atoms with van der Waals surface area (Å²) < 4.78 is 25.2. The Morgan fingerprint density at radius 2 is 1.87 bits per heavy atom. The summed E-state index contributed by atoms with van der Waals surface area (Å²) in [5.41, 5.74) is 17.0. The molecule has 3 atom stereocenters. The number of nitrogens with two attached hydrogens (primary N) is 2. The van der Waals surface area contributed by atoms with E-state index in [1.54, 1.807) is 32.2 Å². The first-order chi connectivity index (χ1) is 22.1. The number of primary amides is 1. The van der Waals surface area contributed by atoms with Gasteiger partial charge < -0.3 is 30.2 Å². The molecule has 0 radical (unpaired) electrons. The van der Waals surface area contributed by atoms with Crippen LogP contribution in [0.5, 0.6) is 5.75 Å². The summed E-state index contributed by atoms with van der Waals surface area (Å²) in [6.45, 7) is 3.17. The second-order valence-electron chi connectivity index (χ2n) is 13.2. The number of halogens is 1. The molecule has 4 heterocycles. The number of rotatable bonds is 7. The molecule has 2 amide bonds. The number of carbonyl (C=O) groups excluding carboxylic acids is 2. The highest BCUT2D eigenvalue weighted by molar-refractivity contribution is 6.00. The second-order valence-corrected chi connectivity index (χ2v) is 13.2. The van der Waals surface area contributed by atoms with E-state index in [1.807, 2.05) is 28.6 Å². The van der Waals surface area contributed by atoms with Crippen LogP contribution in [0, 0.1) is 24.6 Å². The van der Waals surface area contributed by atoms with Crippen LogP contribution >= 0.6 is 0 Å². The summed E-state index contributed by atoms with van der Waals surface area (Å²) in [7, 11) is 3.55. The highest BCUT2D eigenvalue weighted by Crippen LogP contribution is 2.40. The second kappa shape index (κ2) is 10.4. The third kappa shape index (κ3) is 4.39. The predicted octanol–water partition coefficient (Wildman–Crippen LogP) is 4.78. The normalized spacial score (nSPS) is 20.7. The molecule has 8 rings (SSSR count). The molecule has 2 saturated carbocycles. The molecule has 4 N–H and O–H groups in total. The van der Waals surface area contributed by atoms with Crippen LogP contribution in [0.3, 0.4) is 0 Å². The number of benzene rings is 2. The van der Waals surface area contributed by atoms with E-state index < -0.39 is 11.7 Å². The van der Waals surface area contributed by atoms with Gasteiger partial charge in [-0.3, -0.25) is 9.59 Å². The van der Waals surface area contributed by atoms with E-state index >= 15 is 4.39 Å². The summed E-state index contributed by atoms with van der Waals surface area (Å²) in [6.07, 6.45) is 4.27. The lowest BCUT2D eigenvalue weighted by Crippen LogP contribution is -2.41. The predicted molar refractivity (Wildman–Crippen MR) is 173 cm³/mol. The van der Waals surface area contributed by atoms with Crippen molar-refractivity contribution in [3.8, 4) is 28.5 Å². The maximum atomic E-state index is 15.2. The number of piperidine rings is 1. The van der Waals surface area contributed by atoms with Crippen molar-refractivity contribution in [1.82, 2.24) is 24.0 Å². The minimum Gasteiger partial charge on any atom is -0.494 e. The summed E-state index contributed by atoms with van der Waals surface area (Å²) in [5.74, 6) is 0.906. The first-order valence-corrected chi connectivity index (χ1v) is 15.8. The zero-order valence-corrected chi connectivity index (χ0v) is 26.1. The summed E-state index contributed by atoms with van der Waals surface area (Å²) >= 11 is 0. The van der Waals surface area contributed by atoms with Crippen LogP contribution in [0.15, 0.2) is 42.5 Å². The molecule has 0 spiro atoms. The molecule has 2 aromatic carbocycles. The van der Waals surface area contributed by atoms with E-state index in [2.05, 4.69) is 10.6 Å². The van der Waals surface area contributed by atoms with Crippen molar-refractivity contribution in [2.24, 2.45) is 30.4 Å². The molecule has 3 unspecified atom stereocenters. The monoisotopic (exact) mass is 621 g/mol. The van der Waals surface area contributed by atoms with Crippen LogP contribution < -0.4 is 16.2 Å². The number of nitrogens with zero attached hydrogens (tertiary/aromatic N) is 5. The quantitative estimate of drug-likeness (QED) is 0.269. The summed E-state index contributed by atoms with van der Waals surface area (Å²) in [6, 6.07) is 12.4. The number of imidazole rings is 1. The molecule has 46 heavy (non-hydrogen) atoms. The van der Waals surface area contributed by atoms with Crippen molar-refractivity contribution >= 4 is 33.9 Å². The number of fused-ring (bicyclic) bond motifs is 4. The SMILES string of the molecule is COc1cc(C(=O)N2CC3CCC2C3N)cc2nc(-c3cc4ccc(-c5cc(C)c(C(N)=O)cc5F)nc4n3CC3CC3)n(C)c12. The van der Waals surface area contributed by atoms with Gasteiger partial charge in [0.25, 0.3) is 5.91 Å². The van der Waals surface area contributed by atoms with Gasteiger partial charge in [0.1, 0.15) is 22.7 Å². The largest absolute Gasteiger partial charge is 0.494 e. The molecule has 2 bridgehead atoms. The van der Waals surface area contributed by atoms with Crippen LogP contribution in [-0.4, -0.2) is 61.6 Å². The number of aryl methyl sites for hydroxylation is 2. The number of ether oxygens (including phenoxy) is 1. The van der Waals surface area contributed by atoms with Gasteiger partial charge in [-0.2, -0.15) is 0 Å². The Bertz CT molecular complexity index is 2100. The number of carbonyl (C=O) groups is 2. The van der Waals surface area contributed by atoms with Crippen LogP contribution in [0.25, 0.3) is 44.8 Å². The van der Waals surface area contributed by atoms with E-state index in [-0.39, 0.29) is 23.6 Å². The molecule has 3 aliphatic rings. The lowest BCUT2D eigenvalue weighted by molar-refractivity contribution is 0.0700. The van der Waals surface area contributed by atoms with Crippen LogP contribution in [0.4, 0.5) is 4.39 Å². The summed E-state index contributed by atoms with van der Waals surface area (Å²) in [5, 5.41) is 0.903. The molecule has 3 fully saturated rings. The molecule has 5 aromatic rings. The van der Waals surface area contributed by atoms with Crippen LogP contribution in [-0.2, 0) is 13.6 Å². The van der Waals surface area contributed by atoms with Gasteiger partial charge in [-0.25, -0.2) is 14.4 Å². The van der Waals surface area contributed by atoms with Crippen molar-refractivity contribution in [1.29, 1.82) is 0 Å². The lowest BCUT2D eigenvalue weighted by Gasteiger charge is -2.27. The zero-order chi connectivity index (χ0) is 32.0. The third-order valence-corrected chi connectivity index (χ3v) is 10.3. The van der Waals surface area contributed by atoms with Crippen molar-refractivity contribution in [3.63, 3.8) is 0 Å². The van der Waals surface area contributed by atoms with Crippen molar-refractivity contribution in [3.05, 3.63) is 65.0 Å². The molecule has 10 nitrogen and oxygen atoms in total. The number of aromatic nitrogens is 4. The van der Waals surface area contributed by atoms with Crippen molar-refractivity contribution < 1.29 is 18.7 Å². The maximum absolute atomic E-state index is 15.2. The van der Waals surface area contributed by atoms with Crippen LogP contribution in [0.1, 0.15) is 52.0 Å². The Kier molecular flexibility index (Phi) is 6.47. The molecular formula is C35H36FN7O3. The van der Waals surface area contributed by atoms with Crippen molar-refractivity contribution in [2.75, 3.05) is 13.7 Å². The zero-order valence-electron chi connectivity index (χ0n) is 26.1. The molecule has 1 aliphatic heterocycles. The average Bonchev–Trinajstić information content (AvgIpc) is 3.45. The fourth-order valence-electron chi connectivity index (χ4n) is 7.62. The lowest BCUT2D eigenvalue weighted by atomic mass is 10.0. The highest BCUT2D eigenvalue weighted by atomic mass is 19.1. The topological polar surface area (TPSA) is 134 Å². The van der Waals surface area contributed by atoms with Gasteiger partial charge in [0.05, 0.1) is 24.0 Å². The Balaban J connectivity index is 1.24. The average molecular weight is 622 g/mol. The standard InChI is InChI=1S/C35H36FN7O3/c1-17-10-23(24(36)14-22(17)32(38)44)25-8-6-19-12-28(42(33(19)39-25)15-18-4-5-18)34-40-26-11-21(13-29(46-3)31(26)41(34)2)35(45)43-16-20-7-9-27(43)30(20)37/h6,8,10-14,18,20,27,30H,4-5,7,9,15-16,37H2,1-3H3,(H2,38,44). The molecule has 3 aromatic heterocycles. The minimum absolute atomic E-state index is 0.0357. The van der Waals surface area contributed by atoms with Gasteiger partial charge in [-0.1, -0.05) is 0 Å². The van der Waals surface area contributed by atoms with E-state index in [0.717, 1.165) is 54.5 Å². The van der Waals surface area contributed by atoms with E-state index in [4.69, 9.17) is 26.2 Å². The number of methoxy groups -OCH3 is 1. The smallest absolute Gasteiger partial charge is 0.254 e. The van der Waals surface area contributed by atoms with Crippen molar-refractivity contribution in [2.45, 2.75) is 51.2 Å². The summed E-state index contributed by atoms with van der Waals surface area (Å²) in [4.78, 5) is 37.4. The van der Waals surface area contributed by atoms with Gasteiger partial charge in [-0.05, 0) is 92.5 Å². The molecule has 236 valence electrons. The maximum Gasteiger partial charge on any atom is 0.254 e. The minimum atomic E-state index is -0.669. The first kappa shape index (κ1) is 28.7. The third-order valence-electron chi connectivity index (χ3n) is 10.3. The highest BCUT2D eigenvalue weighted by Gasteiger charge is 2.47. The van der Waals surface area contributed by atoms with Gasteiger partial charge in [0.15, 0.2) is 5.82 Å². The molecule has 2 aliphatic carbocycles.